The highest BCUT2D eigenvalue weighted by molar-refractivity contribution is 5.16. The van der Waals surface area contributed by atoms with Crippen LogP contribution in [0, 0.1) is 11.3 Å². The fourth-order valence-electron chi connectivity index (χ4n) is 0.647. The number of allylic oxidation sites excluding steroid dienone is 1. The Bertz CT molecular complexity index is 178. The molecular formula is C8H11NO. The molecule has 0 aliphatic heterocycles. The lowest BCUT2D eigenvalue weighted by Gasteiger charge is -2.11. The predicted octanol–water partition coefficient (Wildman–Crippen LogP) is 1.39. The predicted molar refractivity (Wildman–Crippen MR) is 40.2 cm³/mol. The van der Waals surface area contributed by atoms with Gasteiger partial charge >= 0.3 is 0 Å². The molecule has 0 bridgehead atoms. The van der Waals surface area contributed by atoms with E-state index in [1.54, 1.807) is 19.1 Å². The van der Waals surface area contributed by atoms with Crippen molar-refractivity contribution >= 4 is 0 Å². The van der Waals surface area contributed by atoms with Crippen LogP contribution in [0.2, 0.25) is 0 Å². The van der Waals surface area contributed by atoms with Crippen LogP contribution < -0.4 is 0 Å². The van der Waals surface area contributed by atoms with E-state index in [4.69, 9.17) is 5.26 Å². The van der Waals surface area contributed by atoms with Gasteiger partial charge in [-0.15, -0.1) is 6.58 Å². The first-order valence-electron chi connectivity index (χ1n) is 3.07. The van der Waals surface area contributed by atoms with E-state index in [1.165, 1.54) is 12.2 Å². The van der Waals surface area contributed by atoms with Crippen LogP contribution in [0.4, 0.5) is 0 Å². The van der Waals surface area contributed by atoms with Gasteiger partial charge in [-0.25, -0.2) is 0 Å². The van der Waals surface area contributed by atoms with Crippen LogP contribution in [0.25, 0.3) is 0 Å². The van der Waals surface area contributed by atoms with Crippen molar-refractivity contribution in [2.45, 2.75) is 18.9 Å². The summed E-state index contributed by atoms with van der Waals surface area (Å²) in [4.78, 5) is 0. The van der Waals surface area contributed by atoms with Gasteiger partial charge < -0.3 is 5.11 Å². The van der Waals surface area contributed by atoms with Crippen molar-refractivity contribution < 1.29 is 5.11 Å². The van der Waals surface area contributed by atoms with E-state index in [1.807, 2.05) is 0 Å². The fraction of sp³-hybridized carbons (Fsp3) is 0.375. The summed E-state index contributed by atoms with van der Waals surface area (Å²) in [6, 6.07) is 1.78. The third-order valence-electron chi connectivity index (χ3n) is 1.09. The summed E-state index contributed by atoms with van der Waals surface area (Å²) in [5.74, 6) is 0. The van der Waals surface area contributed by atoms with E-state index in [-0.39, 0.29) is 6.42 Å². The highest BCUT2D eigenvalue weighted by atomic mass is 16.3. The summed E-state index contributed by atoms with van der Waals surface area (Å²) in [6.07, 6.45) is 4.89. The molecule has 0 saturated heterocycles. The van der Waals surface area contributed by atoms with Crippen molar-refractivity contribution in [1.29, 1.82) is 5.26 Å². The van der Waals surface area contributed by atoms with Crippen LogP contribution in [0.1, 0.15) is 13.3 Å². The normalized spacial score (nSPS) is 16.1. The molecule has 0 aromatic carbocycles. The van der Waals surface area contributed by atoms with Crippen LogP contribution in [0.3, 0.4) is 0 Å². The van der Waals surface area contributed by atoms with Crippen LogP contribution in [0.5, 0.6) is 0 Å². The molecule has 0 aromatic rings. The number of hydrogen-bond donors (Lipinski definition) is 1. The Balaban J connectivity index is 4.25. The van der Waals surface area contributed by atoms with E-state index < -0.39 is 5.60 Å². The summed E-state index contributed by atoms with van der Waals surface area (Å²) in [5, 5.41) is 17.7. The van der Waals surface area contributed by atoms with Crippen molar-refractivity contribution in [1.82, 2.24) is 0 Å². The minimum atomic E-state index is -1.35. The number of aliphatic hydroxyl groups is 1. The Hall–Kier alpha value is -1.07. The van der Waals surface area contributed by atoms with Gasteiger partial charge in [0.25, 0.3) is 0 Å². The van der Waals surface area contributed by atoms with Gasteiger partial charge in [0.2, 0.25) is 0 Å². The Morgan fingerprint density at radius 2 is 2.40 bits per heavy atom. The van der Waals surface area contributed by atoms with Gasteiger partial charge in [-0.3, -0.25) is 0 Å². The smallest absolute Gasteiger partial charge is 0.173 e. The lowest BCUT2D eigenvalue weighted by Crippen LogP contribution is -2.21. The SMILES string of the molecule is C=CC[C@](O)(C#N)/C=C/C. The van der Waals surface area contributed by atoms with Gasteiger partial charge in [-0.2, -0.15) is 5.26 Å². The molecule has 0 heterocycles. The maximum atomic E-state index is 9.30. The summed E-state index contributed by atoms with van der Waals surface area (Å²) in [6.45, 7) is 5.19. The average Bonchev–Trinajstić information content (AvgIpc) is 1.89. The molecule has 0 unspecified atom stereocenters. The van der Waals surface area contributed by atoms with Gasteiger partial charge in [0, 0.05) is 6.42 Å². The zero-order valence-corrected chi connectivity index (χ0v) is 6.04. The third-order valence-corrected chi connectivity index (χ3v) is 1.09. The van der Waals surface area contributed by atoms with Gasteiger partial charge in [0.15, 0.2) is 5.60 Å². The zero-order valence-electron chi connectivity index (χ0n) is 6.04. The molecule has 0 aliphatic carbocycles. The van der Waals surface area contributed by atoms with Crippen molar-refractivity contribution in [2.75, 3.05) is 0 Å². The zero-order chi connectivity index (χ0) is 8.04. The number of hydrogen-bond acceptors (Lipinski definition) is 2. The van der Waals surface area contributed by atoms with Crippen molar-refractivity contribution in [3.8, 4) is 6.07 Å². The molecule has 2 heteroatoms. The molecule has 1 N–H and O–H groups in total. The van der Waals surface area contributed by atoms with Gasteiger partial charge in [-0.1, -0.05) is 12.2 Å². The first-order chi connectivity index (χ1) is 4.68. The molecular weight excluding hydrogens is 126 g/mol. The first-order valence-corrected chi connectivity index (χ1v) is 3.07. The van der Waals surface area contributed by atoms with Crippen molar-refractivity contribution in [2.24, 2.45) is 0 Å². The lowest BCUT2D eigenvalue weighted by molar-refractivity contribution is 0.154. The first kappa shape index (κ1) is 8.93. The maximum Gasteiger partial charge on any atom is 0.173 e. The number of nitriles is 1. The van der Waals surface area contributed by atoms with E-state index in [9.17, 15) is 5.11 Å². The fourth-order valence-corrected chi connectivity index (χ4v) is 0.647. The van der Waals surface area contributed by atoms with E-state index in [0.29, 0.717) is 0 Å². The Labute approximate surface area is 61.1 Å². The maximum absolute atomic E-state index is 9.30. The average molecular weight is 137 g/mol. The Morgan fingerprint density at radius 1 is 1.80 bits per heavy atom. The van der Waals surface area contributed by atoms with E-state index in [0.717, 1.165) is 0 Å². The minimum Gasteiger partial charge on any atom is -0.372 e. The second-order valence-electron chi connectivity index (χ2n) is 2.03. The second-order valence-corrected chi connectivity index (χ2v) is 2.03. The van der Waals surface area contributed by atoms with E-state index in [2.05, 4.69) is 6.58 Å². The van der Waals surface area contributed by atoms with Crippen LogP contribution in [-0.2, 0) is 0 Å². The van der Waals surface area contributed by atoms with Crippen LogP contribution in [-0.4, -0.2) is 10.7 Å². The lowest BCUT2D eigenvalue weighted by atomic mass is 10.0. The van der Waals surface area contributed by atoms with Crippen molar-refractivity contribution in [3.63, 3.8) is 0 Å². The third kappa shape index (κ3) is 2.47. The molecule has 0 aliphatic rings. The summed E-state index contributed by atoms with van der Waals surface area (Å²) >= 11 is 0. The molecule has 0 saturated carbocycles. The molecule has 0 spiro atoms. The molecule has 54 valence electrons. The Kier molecular flexibility index (Phi) is 3.45. The number of rotatable bonds is 3. The number of nitrogens with zero attached hydrogens (tertiary/aromatic N) is 1. The molecule has 2 nitrogen and oxygen atoms in total. The summed E-state index contributed by atoms with van der Waals surface area (Å²) in [7, 11) is 0. The largest absolute Gasteiger partial charge is 0.372 e. The van der Waals surface area contributed by atoms with Gasteiger partial charge in [-0.05, 0) is 13.0 Å². The molecule has 0 radical (unpaired) electrons. The van der Waals surface area contributed by atoms with E-state index >= 15 is 0 Å². The topological polar surface area (TPSA) is 44.0 Å². The van der Waals surface area contributed by atoms with Crippen molar-refractivity contribution in [3.05, 3.63) is 24.8 Å². The monoisotopic (exact) mass is 137 g/mol. The standard InChI is InChI=1S/C8H11NO/c1-3-5-8(10,7-9)6-4-2/h3-4,6,10H,1,5H2,2H3/b6-4+/t8-/m1/s1. The minimum absolute atomic E-state index is 0.272. The Morgan fingerprint density at radius 3 is 2.70 bits per heavy atom. The molecule has 0 rings (SSSR count). The van der Waals surface area contributed by atoms with Gasteiger partial charge in [0.05, 0.1) is 0 Å². The van der Waals surface area contributed by atoms with Crippen LogP contribution in [0.15, 0.2) is 24.8 Å². The highest BCUT2D eigenvalue weighted by Crippen LogP contribution is 2.10. The summed E-state index contributed by atoms with van der Waals surface area (Å²) < 4.78 is 0. The molecule has 0 fully saturated rings. The van der Waals surface area contributed by atoms with Gasteiger partial charge in [0.1, 0.15) is 6.07 Å². The second kappa shape index (κ2) is 3.86. The summed E-state index contributed by atoms with van der Waals surface area (Å²) in [5.41, 5.74) is -1.35. The van der Waals surface area contributed by atoms with Crippen LogP contribution >= 0.6 is 0 Å². The molecule has 10 heavy (non-hydrogen) atoms. The highest BCUT2D eigenvalue weighted by Gasteiger charge is 2.19. The molecule has 1 atom stereocenters. The quantitative estimate of drug-likeness (QED) is 0.472. The molecule has 0 aromatic heterocycles. The molecule has 0 amide bonds.